The first-order chi connectivity index (χ1) is 8.41. The summed E-state index contributed by atoms with van der Waals surface area (Å²) >= 11 is 0. The van der Waals surface area contributed by atoms with E-state index in [1.807, 2.05) is 0 Å². The van der Waals surface area contributed by atoms with Crippen molar-refractivity contribution in [1.29, 1.82) is 0 Å². The van der Waals surface area contributed by atoms with E-state index >= 15 is 0 Å². The Morgan fingerprint density at radius 3 is 1.18 bits per heavy atom. The third-order valence-electron chi connectivity index (χ3n) is 3.02. The summed E-state index contributed by atoms with van der Waals surface area (Å²) in [5, 5.41) is 0. The van der Waals surface area contributed by atoms with E-state index in [1.165, 1.54) is 70.6 Å². The van der Waals surface area contributed by atoms with Gasteiger partial charge in [0.15, 0.2) is 0 Å². The van der Waals surface area contributed by atoms with Gasteiger partial charge < -0.3 is 0 Å². The van der Waals surface area contributed by atoms with E-state index < -0.39 is 0 Å². The first kappa shape index (κ1) is 16.5. The van der Waals surface area contributed by atoms with Crippen LogP contribution in [0.4, 0.5) is 0 Å². The van der Waals surface area contributed by atoms with Crippen molar-refractivity contribution in [2.45, 2.75) is 84.5 Å². The second-order valence-corrected chi connectivity index (χ2v) is 4.87. The average molecular weight is 236 g/mol. The second-order valence-electron chi connectivity index (χ2n) is 4.87. The van der Waals surface area contributed by atoms with Gasteiger partial charge >= 0.3 is 0 Å². The smallest absolute Gasteiger partial charge is 0.0348 e. The molecule has 0 aliphatic rings. The Hall–Kier alpha value is -0.520. The van der Waals surface area contributed by atoms with Gasteiger partial charge in [-0.25, -0.2) is 0 Å². The highest BCUT2D eigenvalue weighted by atomic mass is 13.9. The van der Waals surface area contributed by atoms with E-state index in [2.05, 4.69) is 38.2 Å². The third kappa shape index (κ3) is 15.5. The quantitative estimate of drug-likeness (QED) is 0.270. The molecule has 0 radical (unpaired) electrons. The molecule has 0 fully saturated rings. The van der Waals surface area contributed by atoms with Crippen molar-refractivity contribution in [3.05, 3.63) is 24.3 Å². The van der Waals surface area contributed by atoms with Gasteiger partial charge in [-0.15, -0.1) is 0 Å². The van der Waals surface area contributed by atoms with Crippen LogP contribution < -0.4 is 0 Å². The van der Waals surface area contributed by atoms with E-state index in [9.17, 15) is 0 Å². The molecule has 0 atom stereocenters. The zero-order valence-electron chi connectivity index (χ0n) is 12.1. The second kappa shape index (κ2) is 15.5. The summed E-state index contributed by atoms with van der Waals surface area (Å²) in [6, 6.07) is 0. The zero-order valence-corrected chi connectivity index (χ0v) is 12.1. The van der Waals surface area contributed by atoms with Gasteiger partial charge in [0.05, 0.1) is 0 Å². The maximum Gasteiger partial charge on any atom is -0.0348 e. The lowest BCUT2D eigenvalue weighted by molar-refractivity contribution is 0.725. The predicted molar refractivity (Wildman–Crippen MR) is 80.4 cm³/mol. The lowest BCUT2D eigenvalue weighted by atomic mass is 10.1. The van der Waals surface area contributed by atoms with Gasteiger partial charge in [-0.3, -0.25) is 0 Å². The van der Waals surface area contributed by atoms with Crippen molar-refractivity contribution in [2.24, 2.45) is 0 Å². The lowest BCUT2D eigenvalue weighted by Gasteiger charge is -1.94. The summed E-state index contributed by atoms with van der Waals surface area (Å²) in [6.45, 7) is 4.52. The van der Waals surface area contributed by atoms with Crippen LogP contribution in [0.15, 0.2) is 24.3 Å². The van der Waals surface area contributed by atoms with Crippen LogP contribution >= 0.6 is 0 Å². The van der Waals surface area contributed by atoms with E-state index in [0.717, 1.165) is 0 Å². The summed E-state index contributed by atoms with van der Waals surface area (Å²) < 4.78 is 0. The van der Waals surface area contributed by atoms with Crippen LogP contribution in [-0.2, 0) is 0 Å². The molecule has 0 heterocycles. The van der Waals surface area contributed by atoms with Crippen LogP contribution in [0.2, 0.25) is 0 Å². The summed E-state index contributed by atoms with van der Waals surface area (Å²) in [7, 11) is 0. The van der Waals surface area contributed by atoms with Crippen molar-refractivity contribution >= 4 is 0 Å². The molecule has 0 unspecified atom stereocenters. The molecular weight excluding hydrogens is 204 g/mol. The van der Waals surface area contributed by atoms with Crippen LogP contribution in [0.5, 0.6) is 0 Å². The van der Waals surface area contributed by atoms with Crippen LogP contribution in [0.3, 0.4) is 0 Å². The SMILES string of the molecule is CCCCCC=CCCCC=CCCCCC. The molecule has 0 aromatic heterocycles. The Morgan fingerprint density at radius 1 is 0.471 bits per heavy atom. The van der Waals surface area contributed by atoms with Gasteiger partial charge in [0, 0.05) is 0 Å². The Kier molecular flexibility index (Phi) is 15.0. The number of hydrogen-bond acceptors (Lipinski definition) is 0. The van der Waals surface area contributed by atoms with Gasteiger partial charge in [-0.1, -0.05) is 63.8 Å². The topological polar surface area (TPSA) is 0 Å². The molecule has 0 aliphatic heterocycles. The molecule has 0 nitrogen and oxygen atoms in total. The normalized spacial score (nSPS) is 11.9. The molecule has 100 valence electrons. The van der Waals surface area contributed by atoms with E-state index in [4.69, 9.17) is 0 Å². The molecule has 0 spiro atoms. The maximum absolute atomic E-state index is 2.36. The third-order valence-corrected chi connectivity index (χ3v) is 3.02. The van der Waals surface area contributed by atoms with E-state index in [-0.39, 0.29) is 0 Å². The summed E-state index contributed by atoms with van der Waals surface area (Å²) in [6.07, 6.45) is 24.0. The fraction of sp³-hybridized carbons (Fsp3) is 0.765. The molecule has 0 N–H and O–H groups in total. The summed E-state index contributed by atoms with van der Waals surface area (Å²) in [5.74, 6) is 0. The minimum Gasteiger partial charge on any atom is -0.0885 e. The highest BCUT2D eigenvalue weighted by Crippen LogP contribution is 2.04. The number of allylic oxidation sites excluding steroid dienone is 4. The first-order valence-corrected chi connectivity index (χ1v) is 7.71. The van der Waals surface area contributed by atoms with Crippen LogP contribution in [0.1, 0.15) is 84.5 Å². The molecule has 0 saturated heterocycles. The Bertz CT molecular complexity index is 156. The molecule has 0 saturated carbocycles. The fourth-order valence-corrected chi connectivity index (χ4v) is 1.85. The first-order valence-electron chi connectivity index (χ1n) is 7.71. The lowest BCUT2D eigenvalue weighted by Crippen LogP contribution is -1.73. The number of rotatable bonds is 12. The largest absolute Gasteiger partial charge is 0.0885 e. The maximum atomic E-state index is 2.36. The highest BCUT2D eigenvalue weighted by Gasteiger charge is 1.84. The van der Waals surface area contributed by atoms with Gasteiger partial charge in [-0.2, -0.15) is 0 Å². The van der Waals surface area contributed by atoms with Crippen molar-refractivity contribution < 1.29 is 0 Å². The number of hydrogen-bond donors (Lipinski definition) is 0. The van der Waals surface area contributed by atoms with Gasteiger partial charge in [0.2, 0.25) is 0 Å². The van der Waals surface area contributed by atoms with Gasteiger partial charge in [0.1, 0.15) is 0 Å². The van der Waals surface area contributed by atoms with Crippen molar-refractivity contribution in [3.63, 3.8) is 0 Å². The van der Waals surface area contributed by atoms with Crippen LogP contribution in [-0.4, -0.2) is 0 Å². The zero-order chi connectivity index (χ0) is 12.6. The molecule has 0 aromatic carbocycles. The standard InChI is InChI=1S/C17H32/c1-3-5-7-9-11-13-15-17-16-14-12-10-8-6-4-2/h11-14H,3-10,15-17H2,1-2H3. The molecular formula is C17H32. The fourth-order valence-electron chi connectivity index (χ4n) is 1.85. The van der Waals surface area contributed by atoms with E-state index in [1.54, 1.807) is 0 Å². The minimum atomic E-state index is 1.26. The molecule has 0 aromatic rings. The average Bonchev–Trinajstić information content (AvgIpc) is 2.35. The van der Waals surface area contributed by atoms with Crippen molar-refractivity contribution in [3.8, 4) is 0 Å². The summed E-state index contributed by atoms with van der Waals surface area (Å²) in [4.78, 5) is 0. The summed E-state index contributed by atoms with van der Waals surface area (Å²) in [5.41, 5.74) is 0. The molecule has 0 aliphatic carbocycles. The van der Waals surface area contributed by atoms with Crippen LogP contribution in [0, 0.1) is 0 Å². The van der Waals surface area contributed by atoms with Crippen molar-refractivity contribution in [2.75, 3.05) is 0 Å². The van der Waals surface area contributed by atoms with Crippen molar-refractivity contribution in [1.82, 2.24) is 0 Å². The number of unbranched alkanes of at least 4 members (excludes halogenated alkanes) is 8. The molecule has 0 rings (SSSR count). The Balaban J connectivity index is 3.11. The monoisotopic (exact) mass is 236 g/mol. The van der Waals surface area contributed by atoms with E-state index in [0.29, 0.717) is 0 Å². The minimum absolute atomic E-state index is 1.26. The molecule has 0 heteroatoms. The van der Waals surface area contributed by atoms with Gasteiger partial charge in [-0.05, 0) is 44.9 Å². The van der Waals surface area contributed by atoms with Crippen LogP contribution in [0.25, 0.3) is 0 Å². The predicted octanol–water partition coefficient (Wildman–Crippen LogP) is 6.43. The molecule has 0 amide bonds. The highest BCUT2D eigenvalue weighted by molar-refractivity contribution is 4.85. The molecule has 17 heavy (non-hydrogen) atoms. The van der Waals surface area contributed by atoms with Gasteiger partial charge in [0.25, 0.3) is 0 Å². The molecule has 0 bridgehead atoms. The Morgan fingerprint density at radius 2 is 0.824 bits per heavy atom. The Labute approximate surface area is 109 Å².